The molecule has 0 radical (unpaired) electrons. The Balaban J connectivity index is 1.34. The molecule has 1 aromatic rings. The highest BCUT2D eigenvalue weighted by molar-refractivity contribution is 6.07. The van der Waals surface area contributed by atoms with E-state index in [4.69, 9.17) is 0 Å². The van der Waals surface area contributed by atoms with Crippen LogP contribution in [-0.4, -0.2) is 54.1 Å². The van der Waals surface area contributed by atoms with Gasteiger partial charge in [0.2, 0.25) is 0 Å². The standard InChI is InChI=1S/C21H30N4O2/c1-23(16-25-19(26)21(22-20(25)27)11-3-4-12-21)15-17-7-9-18(10-8-17)24-13-5-2-6-14-24/h7-10H,2-6,11-16H2,1H3,(H,22,27). The van der Waals surface area contributed by atoms with Crippen LogP contribution in [0.1, 0.15) is 50.5 Å². The molecule has 146 valence electrons. The third kappa shape index (κ3) is 3.68. The van der Waals surface area contributed by atoms with E-state index in [2.05, 4.69) is 34.5 Å². The first-order valence-electron chi connectivity index (χ1n) is 10.2. The molecular formula is C21H30N4O2. The van der Waals surface area contributed by atoms with Gasteiger partial charge in [-0.2, -0.15) is 0 Å². The van der Waals surface area contributed by atoms with Crippen molar-refractivity contribution in [3.8, 4) is 0 Å². The van der Waals surface area contributed by atoms with Crippen molar-refractivity contribution < 1.29 is 9.59 Å². The number of rotatable bonds is 5. The SMILES string of the molecule is CN(Cc1ccc(N2CCCCC2)cc1)CN1C(=O)NC2(CCCC2)C1=O. The van der Waals surface area contributed by atoms with Crippen molar-refractivity contribution in [2.75, 3.05) is 31.7 Å². The predicted octanol–water partition coefficient (Wildman–Crippen LogP) is 2.93. The van der Waals surface area contributed by atoms with Crippen LogP contribution in [0.25, 0.3) is 0 Å². The van der Waals surface area contributed by atoms with Crippen molar-refractivity contribution in [2.24, 2.45) is 0 Å². The largest absolute Gasteiger partial charge is 0.372 e. The summed E-state index contributed by atoms with van der Waals surface area (Å²) >= 11 is 0. The number of amides is 3. The Morgan fingerprint density at radius 2 is 1.67 bits per heavy atom. The fourth-order valence-electron chi connectivity index (χ4n) is 4.69. The van der Waals surface area contributed by atoms with Gasteiger partial charge in [0.15, 0.2) is 0 Å². The fraction of sp³-hybridized carbons (Fsp3) is 0.619. The molecule has 0 unspecified atom stereocenters. The lowest BCUT2D eigenvalue weighted by Crippen LogP contribution is -2.45. The highest BCUT2D eigenvalue weighted by Crippen LogP contribution is 2.35. The first-order valence-corrected chi connectivity index (χ1v) is 10.2. The van der Waals surface area contributed by atoms with Crippen LogP contribution in [0.15, 0.2) is 24.3 Å². The third-order valence-corrected chi connectivity index (χ3v) is 6.20. The summed E-state index contributed by atoms with van der Waals surface area (Å²) in [5.41, 5.74) is 1.87. The number of piperidine rings is 1. The van der Waals surface area contributed by atoms with Gasteiger partial charge in [-0.25, -0.2) is 9.69 Å². The van der Waals surface area contributed by atoms with Gasteiger partial charge in [0.05, 0.1) is 6.67 Å². The summed E-state index contributed by atoms with van der Waals surface area (Å²) in [7, 11) is 1.96. The van der Waals surface area contributed by atoms with Crippen molar-refractivity contribution in [1.29, 1.82) is 0 Å². The van der Waals surface area contributed by atoms with Crippen LogP contribution >= 0.6 is 0 Å². The Morgan fingerprint density at radius 1 is 1.00 bits per heavy atom. The highest BCUT2D eigenvalue weighted by Gasteiger charge is 2.52. The van der Waals surface area contributed by atoms with Gasteiger partial charge in [-0.3, -0.25) is 9.69 Å². The maximum absolute atomic E-state index is 12.8. The van der Waals surface area contributed by atoms with Crippen molar-refractivity contribution in [2.45, 2.75) is 57.0 Å². The second-order valence-electron chi connectivity index (χ2n) is 8.32. The van der Waals surface area contributed by atoms with Gasteiger partial charge < -0.3 is 10.2 Å². The average molecular weight is 370 g/mol. The lowest BCUT2D eigenvalue weighted by molar-refractivity contribution is -0.132. The molecule has 6 heteroatoms. The third-order valence-electron chi connectivity index (χ3n) is 6.20. The summed E-state index contributed by atoms with van der Waals surface area (Å²) in [6.07, 6.45) is 7.46. The Morgan fingerprint density at radius 3 is 2.33 bits per heavy atom. The number of hydrogen-bond donors (Lipinski definition) is 1. The van der Waals surface area contributed by atoms with E-state index in [0.29, 0.717) is 13.2 Å². The Kier molecular flexibility index (Phi) is 5.08. The molecule has 0 atom stereocenters. The Labute approximate surface area is 161 Å². The zero-order valence-corrected chi connectivity index (χ0v) is 16.2. The van der Waals surface area contributed by atoms with E-state index in [9.17, 15) is 9.59 Å². The minimum absolute atomic E-state index is 0.0442. The van der Waals surface area contributed by atoms with Crippen LogP contribution < -0.4 is 10.2 Å². The molecule has 3 amide bonds. The summed E-state index contributed by atoms with van der Waals surface area (Å²) in [5, 5.41) is 2.95. The first-order chi connectivity index (χ1) is 13.1. The summed E-state index contributed by atoms with van der Waals surface area (Å²) in [5.74, 6) is -0.0442. The van der Waals surface area contributed by atoms with E-state index in [1.54, 1.807) is 0 Å². The number of benzene rings is 1. The summed E-state index contributed by atoms with van der Waals surface area (Å²) < 4.78 is 0. The molecule has 1 saturated carbocycles. The fourth-order valence-corrected chi connectivity index (χ4v) is 4.69. The zero-order chi connectivity index (χ0) is 18.9. The van der Waals surface area contributed by atoms with E-state index in [-0.39, 0.29) is 11.9 Å². The van der Waals surface area contributed by atoms with E-state index in [1.165, 1.54) is 35.4 Å². The Hall–Kier alpha value is -2.08. The molecule has 2 saturated heterocycles. The highest BCUT2D eigenvalue weighted by atomic mass is 16.2. The summed E-state index contributed by atoms with van der Waals surface area (Å²) in [6.45, 7) is 3.34. The molecule has 3 aliphatic rings. The second-order valence-corrected chi connectivity index (χ2v) is 8.32. The number of carbonyl (C=O) groups excluding carboxylic acids is 2. The molecule has 1 spiro atoms. The predicted molar refractivity (Wildman–Crippen MR) is 105 cm³/mol. The van der Waals surface area contributed by atoms with Crippen LogP contribution in [0.4, 0.5) is 10.5 Å². The van der Waals surface area contributed by atoms with Gasteiger partial charge in [0.1, 0.15) is 5.54 Å². The monoisotopic (exact) mass is 370 g/mol. The average Bonchev–Trinajstić information content (AvgIpc) is 3.24. The minimum Gasteiger partial charge on any atom is -0.372 e. The van der Waals surface area contributed by atoms with Gasteiger partial charge in [-0.05, 0) is 56.8 Å². The first kappa shape index (κ1) is 18.3. The molecule has 4 rings (SSSR count). The molecule has 6 nitrogen and oxygen atoms in total. The smallest absolute Gasteiger partial charge is 0.326 e. The molecule has 1 N–H and O–H groups in total. The second kappa shape index (κ2) is 7.50. The number of anilines is 1. The normalized spacial score (nSPS) is 22.1. The van der Waals surface area contributed by atoms with Crippen molar-refractivity contribution >= 4 is 17.6 Å². The number of imide groups is 1. The number of nitrogens with zero attached hydrogens (tertiary/aromatic N) is 3. The molecule has 1 aromatic carbocycles. The van der Waals surface area contributed by atoms with E-state index in [1.807, 2.05) is 11.9 Å². The van der Waals surface area contributed by atoms with Gasteiger partial charge in [-0.1, -0.05) is 25.0 Å². The van der Waals surface area contributed by atoms with E-state index < -0.39 is 5.54 Å². The van der Waals surface area contributed by atoms with Gasteiger partial charge in [0.25, 0.3) is 5.91 Å². The van der Waals surface area contributed by atoms with Gasteiger partial charge in [0, 0.05) is 25.3 Å². The maximum atomic E-state index is 12.8. The van der Waals surface area contributed by atoms with E-state index in [0.717, 1.165) is 38.8 Å². The molecule has 0 bridgehead atoms. The van der Waals surface area contributed by atoms with Crippen LogP contribution in [0.5, 0.6) is 0 Å². The lowest BCUT2D eigenvalue weighted by atomic mass is 9.98. The van der Waals surface area contributed by atoms with Crippen molar-refractivity contribution in [3.63, 3.8) is 0 Å². The van der Waals surface area contributed by atoms with Crippen LogP contribution in [-0.2, 0) is 11.3 Å². The number of hydrogen-bond acceptors (Lipinski definition) is 4. The maximum Gasteiger partial charge on any atom is 0.326 e. The zero-order valence-electron chi connectivity index (χ0n) is 16.2. The van der Waals surface area contributed by atoms with Gasteiger partial charge in [-0.15, -0.1) is 0 Å². The molecule has 3 fully saturated rings. The topological polar surface area (TPSA) is 55.9 Å². The lowest BCUT2D eigenvalue weighted by Gasteiger charge is -2.29. The van der Waals surface area contributed by atoms with Crippen molar-refractivity contribution in [1.82, 2.24) is 15.1 Å². The van der Waals surface area contributed by atoms with Crippen LogP contribution in [0.2, 0.25) is 0 Å². The molecule has 2 heterocycles. The van der Waals surface area contributed by atoms with Crippen LogP contribution in [0, 0.1) is 0 Å². The van der Waals surface area contributed by atoms with Crippen molar-refractivity contribution in [3.05, 3.63) is 29.8 Å². The number of carbonyl (C=O) groups is 2. The molecule has 27 heavy (non-hydrogen) atoms. The van der Waals surface area contributed by atoms with Gasteiger partial charge >= 0.3 is 6.03 Å². The summed E-state index contributed by atoms with van der Waals surface area (Å²) in [6, 6.07) is 8.45. The summed E-state index contributed by atoms with van der Waals surface area (Å²) in [4.78, 5) is 30.9. The van der Waals surface area contributed by atoms with E-state index >= 15 is 0 Å². The number of urea groups is 1. The van der Waals surface area contributed by atoms with Crippen LogP contribution in [0.3, 0.4) is 0 Å². The number of nitrogens with one attached hydrogen (secondary N) is 1. The molecular weight excluding hydrogens is 340 g/mol. The molecule has 1 aliphatic carbocycles. The quantitative estimate of drug-likeness (QED) is 0.810. The molecule has 0 aromatic heterocycles. The Bertz CT molecular complexity index is 691. The minimum atomic E-state index is -0.617. The molecule has 2 aliphatic heterocycles.